The second-order valence-electron chi connectivity index (χ2n) is 4.40. The number of piperidine rings is 1. The summed E-state index contributed by atoms with van der Waals surface area (Å²) < 4.78 is 0. The maximum atomic E-state index is 11.8. The molecule has 3 unspecified atom stereocenters. The lowest BCUT2D eigenvalue weighted by molar-refractivity contribution is -0.137. The maximum absolute atomic E-state index is 11.8. The normalized spacial score (nSPS) is 32.4. The van der Waals surface area contributed by atoms with E-state index in [4.69, 9.17) is 5.73 Å². The molecule has 6 nitrogen and oxygen atoms in total. The summed E-state index contributed by atoms with van der Waals surface area (Å²) in [5.74, 6) is -1.19. The second-order valence-corrected chi connectivity index (χ2v) is 4.40. The summed E-state index contributed by atoms with van der Waals surface area (Å²) in [6.45, 7) is 0. The van der Waals surface area contributed by atoms with Crippen molar-refractivity contribution in [2.24, 2.45) is 11.7 Å². The van der Waals surface area contributed by atoms with Gasteiger partial charge in [0, 0.05) is 12.5 Å². The van der Waals surface area contributed by atoms with Crippen LogP contribution in [-0.4, -0.2) is 29.8 Å². The summed E-state index contributed by atoms with van der Waals surface area (Å²) in [4.78, 5) is 34.2. The van der Waals surface area contributed by atoms with E-state index >= 15 is 0 Å². The fourth-order valence-electron chi connectivity index (χ4n) is 2.03. The first-order valence-electron chi connectivity index (χ1n) is 5.64. The first-order valence-corrected chi connectivity index (χ1v) is 5.64. The average Bonchev–Trinajstić information content (AvgIpc) is 2.69. The Morgan fingerprint density at radius 2 is 2.18 bits per heavy atom. The summed E-state index contributed by atoms with van der Waals surface area (Å²) in [6.07, 6.45) is 4.73. The van der Waals surface area contributed by atoms with Crippen molar-refractivity contribution >= 4 is 17.7 Å². The molecule has 1 aliphatic carbocycles. The third-order valence-electron chi connectivity index (χ3n) is 3.01. The van der Waals surface area contributed by atoms with Gasteiger partial charge < -0.3 is 11.1 Å². The Hall–Kier alpha value is -1.69. The number of hydrogen-bond donors (Lipinski definition) is 3. The quantitative estimate of drug-likeness (QED) is 0.415. The van der Waals surface area contributed by atoms with Crippen molar-refractivity contribution in [3.63, 3.8) is 0 Å². The van der Waals surface area contributed by atoms with Crippen LogP contribution >= 0.6 is 0 Å². The molecule has 1 saturated heterocycles. The maximum Gasteiger partial charge on any atom is 0.249 e. The van der Waals surface area contributed by atoms with Crippen LogP contribution in [0.1, 0.15) is 19.3 Å². The van der Waals surface area contributed by atoms with Gasteiger partial charge in [-0.25, -0.2) is 0 Å². The largest absolute Gasteiger partial charge is 0.344 e. The van der Waals surface area contributed by atoms with Crippen molar-refractivity contribution in [2.45, 2.75) is 31.3 Å². The Bertz CT molecular complexity index is 391. The Morgan fingerprint density at radius 3 is 2.76 bits per heavy atom. The molecule has 0 radical (unpaired) electrons. The topological polar surface area (TPSA) is 101 Å². The van der Waals surface area contributed by atoms with Crippen molar-refractivity contribution in [1.82, 2.24) is 10.6 Å². The molecule has 0 aromatic heterocycles. The van der Waals surface area contributed by atoms with Gasteiger partial charge in [-0.15, -0.1) is 0 Å². The van der Waals surface area contributed by atoms with Gasteiger partial charge in [-0.05, 0) is 12.8 Å². The standard InChI is InChI=1S/C11H15N3O3/c12-7-2-1-6(5-7)10(16)13-8-3-4-9(15)14-11(8)17/h1-2,6-8H,3-5,12H2,(H,13,16)(H,14,15,17). The molecule has 2 rings (SSSR count). The highest BCUT2D eigenvalue weighted by molar-refractivity contribution is 6.01. The number of hydrogen-bond acceptors (Lipinski definition) is 4. The molecule has 17 heavy (non-hydrogen) atoms. The molecule has 0 aromatic carbocycles. The van der Waals surface area contributed by atoms with E-state index in [9.17, 15) is 14.4 Å². The van der Waals surface area contributed by atoms with Crippen LogP contribution in [0.3, 0.4) is 0 Å². The van der Waals surface area contributed by atoms with E-state index in [0.717, 1.165) is 0 Å². The van der Waals surface area contributed by atoms with E-state index in [-0.39, 0.29) is 30.2 Å². The Balaban J connectivity index is 1.89. The highest BCUT2D eigenvalue weighted by atomic mass is 16.2. The molecule has 0 aromatic rings. The SMILES string of the molecule is NC1C=CC(C(=O)NC2CCC(=O)NC2=O)C1. The van der Waals surface area contributed by atoms with E-state index in [1.807, 2.05) is 0 Å². The molecule has 0 spiro atoms. The summed E-state index contributed by atoms with van der Waals surface area (Å²) >= 11 is 0. The molecule has 1 fully saturated rings. The highest BCUT2D eigenvalue weighted by Gasteiger charge is 2.30. The number of imide groups is 1. The van der Waals surface area contributed by atoms with E-state index in [0.29, 0.717) is 12.8 Å². The lowest BCUT2D eigenvalue weighted by atomic mass is 10.0. The molecule has 92 valence electrons. The molecule has 3 amide bonds. The van der Waals surface area contributed by atoms with Crippen LogP contribution in [0.25, 0.3) is 0 Å². The lowest BCUT2D eigenvalue weighted by Crippen LogP contribution is -2.53. The number of carbonyl (C=O) groups excluding carboxylic acids is 3. The van der Waals surface area contributed by atoms with Gasteiger partial charge in [0.05, 0.1) is 5.92 Å². The van der Waals surface area contributed by atoms with Crippen LogP contribution in [-0.2, 0) is 14.4 Å². The minimum absolute atomic E-state index is 0.0903. The van der Waals surface area contributed by atoms with Crippen molar-refractivity contribution < 1.29 is 14.4 Å². The van der Waals surface area contributed by atoms with Gasteiger partial charge in [0.15, 0.2) is 0 Å². The van der Waals surface area contributed by atoms with Crippen LogP contribution in [0.2, 0.25) is 0 Å². The number of amides is 3. The highest BCUT2D eigenvalue weighted by Crippen LogP contribution is 2.17. The monoisotopic (exact) mass is 237 g/mol. The van der Waals surface area contributed by atoms with E-state index in [2.05, 4.69) is 10.6 Å². The minimum Gasteiger partial charge on any atom is -0.344 e. The van der Waals surface area contributed by atoms with Crippen LogP contribution in [0, 0.1) is 5.92 Å². The summed E-state index contributed by atoms with van der Waals surface area (Å²) in [5, 5.41) is 4.84. The molecule has 0 bridgehead atoms. The zero-order valence-electron chi connectivity index (χ0n) is 9.31. The molecule has 3 atom stereocenters. The molecule has 1 heterocycles. The molecule has 0 saturated carbocycles. The molecular formula is C11H15N3O3. The average molecular weight is 237 g/mol. The third-order valence-corrected chi connectivity index (χ3v) is 3.01. The first kappa shape index (κ1) is 11.8. The molecule has 4 N–H and O–H groups in total. The summed E-state index contributed by atoms with van der Waals surface area (Å²) in [7, 11) is 0. The van der Waals surface area contributed by atoms with Crippen LogP contribution in [0.5, 0.6) is 0 Å². The third kappa shape index (κ3) is 2.71. The number of rotatable bonds is 2. The second kappa shape index (κ2) is 4.67. The van der Waals surface area contributed by atoms with E-state index in [1.54, 1.807) is 12.2 Å². The molecule has 6 heteroatoms. The number of nitrogens with one attached hydrogen (secondary N) is 2. The fourth-order valence-corrected chi connectivity index (χ4v) is 2.03. The summed E-state index contributed by atoms with van der Waals surface area (Å²) in [6, 6.07) is -0.696. The zero-order chi connectivity index (χ0) is 12.4. The molecule has 2 aliphatic rings. The predicted molar refractivity (Wildman–Crippen MR) is 59.5 cm³/mol. The number of nitrogens with two attached hydrogens (primary N) is 1. The van der Waals surface area contributed by atoms with Crippen molar-refractivity contribution in [2.75, 3.05) is 0 Å². The lowest BCUT2D eigenvalue weighted by Gasteiger charge is -2.23. The minimum atomic E-state index is -0.606. The smallest absolute Gasteiger partial charge is 0.249 e. The van der Waals surface area contributed by atoms with Gasteiger partial charge >= 0.3 is 0 Å². The van der Waals surface area contributed by atoms with Crippen LogP contribution < -0.4 is 16.4 Å². The Kier molecular flexibility index (Phi) is 3.23. The van der Waals surface area contributed by atoms with Gasteiger partial charge in [0.2, 0.25) is 17.7 Å². The van der Waals surface area contributed by atoms with E-state index in [1.165, 1.54) is 0 Å². The van der Waals surface area contributed by atoms with Crippen molar-refractivity contribution in [3.05, 3.63) is 12.2 Å². The molecule has 1 aliphatic heterocycles. The van der Waals surface area contributed by atoms with Gasteiger partial charge in [0.1, 0.15) is 6.04 Å². The Labute approximate surface area is 98.6 Å². The van der Waals surface area contributed by atoms with Crippen molar-refractivity contribution in [1.29, 1.82) is 0 Å². The van der Waals surface area contributed by atoms with Gasteiger partial charge in [-0.3, -0.25) is 19.7 Å². The number of carbonyl (C=O) groups is 3. The first-order chi connectivity index (χ1) is 8.06. The summed E-state index contributed by atoms with van der Waals surface area (Å²) in [5.41, 5.74) is 5.65. The van der Waals surface area contributed by atoms with Gasteiger partial charge in [-0.1, -0.05) is 12.2 Å². The fraction of sp³-hybridized carbons (Fsp3) is 0.545. The van der Waals surface area contributed by atoms with Crippen molar-refractivity contribution in [3.8, 4) is 0 Å². The zero-order valence-corrected chi connectivity index (χ0v) is 9.31. The van der Waals surface area contributed by atoms with Gasteiger partial charge in [0.25, 0.3) is 0 Å². The molecular weight excluding hydrogens is 222 g/mol. The predicted octanol–water partition coefficient (Wildman–Crippen LogP) is -1.19. The van der Waals surface area contributed by atoms with Crippen LogP contribution in [0.15, 0.2) is 12.2 Å². The Morgan fingerprint density at radius 1 is 1.41 bits per heavy atom. The van der Waals surface area contributed by atoms with Crippen LogP contribution in [0.4, 0.5) is 0 Å². The van der Waals surface area contributed by atoms with E-state index < -0.39 is 11.9 Å². The van der Waals surface area contributed by atoms with Gasteiger partial charge in [-0.2, -0.15) is 0 Å².